The molecule has 1 aromatic carbocycles. The fraction of sp³-hybridized carbons (Fsp3) is 0.471. The molecule has 0 amide bonds. The zero-order valence-corrected chi connectivity index (χ0v) is 14.1. The van der Waals surface area contributed by atoms with Gasteiger partial charge in [-0.3, -0.25) is 10.0 Å². The molecule has 4 nitrogen and oxygen atoms in total. The van der Waals surface area contributed by atoms with Gasteiger partial charge in [-0.1, -0.05) is 39.2 Å². The van der Waals surface area contributed by atoms with Crippen LogP contribution in [-0.4, -0.2) is 12.1 Å². The Kier molecular flexibility index (Phi) is 6.87. The van der Waals surface area contributed by atoms with Gasteiger partial charge in [0.05, 0.1) is 11.9 Å². The first kappa shape index (κ1) is 18.0. The lowest BCUT2D eigenvalue weighted by Gasteiger charge is -2.21. The molecule has 0 atom stereocenters. The molecule has 5 heteroatoms. The van der Waals surface area contributed by atoms with Crippen LogP contribution in [0.25, 0.3) is 0 Å². The highest BCUT2D eigenvalue weighted by atomic mass is 19.1. The monoisotopic (exact) mass is 304 g/mol. The van der Waals surface area contributed by atoms with Crippen molar-refractivity contribution < 1.29 is 4.39 Å². The van der Waals surface area contributed by atoms with Crippen molar-refractivity contribution >= 4 is 5.69 Å². The lowest BCUT2D eigenvalue weighted by molar-refractivity contribution is 0.343. The molecule has 0 unspecified atom stereocenters. The summed E-state index contributed by atoms with van der Waals surface area (Å²) in [6.07, 6.45) is 5.71. The number of halogens is 1. The summed E-state index contributed by atoms with van der Waals surface area (Å²) in [5, 5.41) is 12.1. The van der Waals surface area contributed by atoms with Gasteiger partial charge in [0.25, 0.3) is 0 Å². The number of unbranched alkanes of at least 4 members (excludes halogenated alkanes) is 2. The van der Waals surface area contributed by atoms with E-state index in [1.165, 1.54) is 19.3 Å². The van der Waals surface area contributed by atoms with Crippen molar-refractivity contribution in [3.63, 3.8) is 0 Å². The van der Waals surface area contributed by atoms with Gasteiger partial charge in [0.1, 0.15) is 17.6 Å². The summed E-state index contributed by atoms with van der Waals surface area (Å²) in [7, 11) is 1.73. The molecule has 0 bridgehead atoms. The summed E-state index contributed by atoms with van der Waals surface area (Å²) in [5.74, 6) is -0.217. The van der Waals surface area contributed by atoms with Crippen LogP contribution in [0.15, 0.2) is 24.0 Å². The van der Waals surface area contributed by atoms with Gasteiger partial charge in [-0.2, -0.15) is 5.26 Å². The van der Waals surface area contributed by atoms with E-state index in [4.69, 9.17) is 5.26 Å². The highest BCUT2D eigenvalue weighted by molar-refractivity contribution is 5.57. The molecule has 0 saturated heterocycles. The first-order valence-electron chi connectivity index (χ1n) is 7.63. The van der Waals surface area contributed by atoms with E-state index in [9.17, 15) is 4.39 Å². The molecular formula is C17H25FN4. The Balaban J connectivity index is 0.000000422. The van der Waals surface area contributed by atoms with Gasteiger partial charge in [0.15, 0.2) is 0 Å². The van der Waals surface area contributed by atoms with E-state index in [-0.39, 0.29) is 5.82 Å². The molecule has 1 aliphatic rings. The molecule has 0 fully saturated rings. The first-order chi connectivity index (χ1) is 10.5. The Labute approximate surface area is 132 Å². The second kappa shape index (κ2) is 8.40. The van der Waals surface area contributed by atoms with Crippen LogP contribution < -0.4 is 10.5 Å². The highest BCUT2D eigenvalue weighted by Gasteiger charge is 2.20. The third-order valence-corrected chi connectivity index (χ3v) is 3.50. The third-order valence-electron chi connectivity index (χ3n) is 3.50. The SMILES string of the molecule is CCCCC.Cc1ccc(N2C=C(C#N)N(C)N2)c(C)c1F. The van der Waals surface area contributed by atoms with Crippen molar-refractivity contribution in [2.75, 3.05) is 12.1 Å². The average molecular weight is 304 g/mol. The van der Waals surface area contributed by atoms with E-state index >= 15 is 0 Å². The van der Waals surface area contributed by atoms with Crippen molar-refractivity contribution in [2.45, 2.75) is 47.0 Å². The van der Waals surface area contributed by atoms with E-state index in [0.29, 0.717) is 22.5 Å². The number of aryl methyl sites for hydroxylation is 1. The summed E-state index contributed by atoms with van der Waals surface area (Å²) in [4.78, 5) is 0. The molecule has 1 N–H and O–H groups in total. The van der Waals surface area contributed by atoms with Gasteiger partial charge in [-0.05, 0) is 25.5 Å². The Hall–Kier alpha value is -2.06. The molecule has 2 rings (SSSR count). The summed E-state index contributed by atoms with van der Waals surface area (Å²) >= 11 is 0. The number of nitrogens with zero attached hydrogens (tertiary/aromatic N) is 3. The van der Waals surface area contributed by atoms with Crippen molar-refractivity contribution in [1.29, 1.82) is 5.26 Å². The van der Waals surface area contributed by atoms with Crippen LogP contribution in [0, 0.1) is 31.0 Å². The molecule has 22 heavy (non-hydrogen) atoms. The van der Waals surface area contributed by atoms with Gasteiger partial charge in [-0.25, -0.2) is 4.39 Å². The standard InChI is InChI=1S/C12H13FN4.C5H12/c1-8-4-5-11(9(2)12(8)13)17-7-10(6-14)16(3)15-17;1-3-5-4-2/h4-5,7,15H,1-3H3;3-5H2,1-2H3. The van der Waals surface area contributed by atoms with Gasteiger partial charge in [0.2, 0.25) is 0 Å². The molecular weight excluding hydrogens is 279 g/mol. The van der Waals surface area contributed by atoms with Crippen LogP contribution in [0.4, 0.5) is 10.1 Å². The second-order valence-electron chi connectivity index (χ2n) is 5.35. The van der Waals surface area contributed by atoms with Gasteiger partial charge < -0.3 is 0 Å². The maximum atomic E-state index is 13.8. The predicted molar refractivity (Wildman–Crippen MR) is 88.1 cm³/mol. The van der Waals surface area contributed by atoms with E-state index in [1.807, 2.05) is 12.1 Å². The van der Waals surface area contributed by atoms with Crippen molar-refractivity contribution in [3.8, 4) is 6.07 Å². The van der Waals surface area contributed by atoms with Crippen LogP contribution in [0.5, 0.6) is 0 Å². The first-order valence-corrected chi connectivity index (χ1v) is 7.63. The number of hydrogen-bond donors (Lipinski definition) is 1. The topological polar surface area (TPSA) is 42.3 Å². The lowest BCUT2D eigenvalue weighted by atomic mass is 10.1. The number of anilines is 1. The van der Waals surface area contributed by atoms with Crippen molar-refractivity contribution in [1.82, 2.24) is 10.5 Å². The van der Waals surface area contributed by atoms with Gasteiger partial charge in [0, 0.05) is 12.6 Å². The summed E-state index contributed by atoms with van der Waals surface area (Å²) in [6.45, 7) is 7.87. The highest BCUT2D eigenvalue weighted by Crippen LogP contribution is 2.26. The summed E-state index contributed by atoms with van der Waals surface area (Å²) < 4.78 is 13.8. The maximum Gasteiger partial charge on any atom is 0.149 e. The number of nitrogens with one attached hydrogen (secondary N) is 1. The van der Waals surface area contributed by atoms with Crippen molar-refractivity contribution in [2.24, 2.45) is 0 Å². The third kappa shape index (κ3) is 4.22. The van der Waals surface area contributed by atoms with E-state index < -0.39 is 0 Å². The molecule has 120 valence electrons. The molecule has 0 aliphatic carbocycles. The quantitative estimate of drug-likeness (QED) is 0.910. The largest absolute Gasteiger partial charge is 0.282 e. The van der Waals surface area contributed by atoms with Crippen LogP contribution in [0.3, 0.4) is 0 Å². The summed E-state index contributed by atoms with van der Waals surface area (Å²) in [6, 6.07) is 5.59. The number of hydrazine groups is 2. The minimum Gasteiger partial charge on any atom is -0.282 e. The minimum absolute atomic E-state index is 0.217. The van der Waals surface area contributed by atoms with Crippen LogP contribution in [-0.2, 0) is 0 Å². The van der Waals surface area contributed by atoms with Crippen LogP contribution in [0.2, 0.25) is 0 Å². The molecule has 0 radical (unpaired) electrons. The zero-order valence-electron chi connectivity index (χ0n) is 14.1. The van der Waals surface area contributed by atoms with Crippen LogP contribution in [0.1, 0.15) is 44.2 Å². The predicted octanol–water partition coefficient (Wildman–Crippen LogP) is 4.18. The Bertz CT molecular complexity index is 573. The molecule has 0 spiro atoms. The number of rotatable bonds is 3. The van der Waals surface area contributed by atoms with Crippen LogP contribution >= 0.6 is 0 Å². The molecule has 0 saturated carbocycles. The molecule has 0 aromatic heterocycles. The maximum absolute atomic E-state index is 13.8. The number of nitriles is 1. The van der Waals surface area contributed by atoms with Crippen molar-refractivity contribution in [3.05, 3.63) is 41.0 Å². The Morgan fingerprint density at radius 3 is 2.32 bits per heavy atom. The lowest BCUT2D eigenvalue weighted by Crippen LogP contribution is -2.38. The molecule has 1 heterocycles. The number of benzene rings is 1. The van der Waals surface area contributed by atoms with Gasteiger partial charge >= 0.3 is 0 Å². The Morgan fingerprint density at radius 2 is 1.86 bits per heavy atom. The second-order valence-corrected chi connectivity index (χ2v) is 5.35. The fourth-order valence-electron chi connectivity index (χ4n) is 2.11. The number of allylic oxidation sites excluding steroid dienone is 1. The van der Waals surface area contributed by atoms with E-state index in [1.54, 1.807) is 43.2 Å². The van der Waals surface area contributed by atoms with E-state index in [0.717, 1.165) is 0 Å². The normalized spacial score (nSPS) is 13.4. The molecule has 1 aromatic rings. The van der Waals surface area contributed by atoms with E-state index in [2.05, 4.69) is 19.4 Å². The average Bonchev–Trinajstić information content (AvgIpc) is 2.87. The summed E-state index contributed by atoms with van der Waals surface area (Å²) in [5.41, 5.74) is 5.29. The fourth-order valence-corrected chi connectivity index (χ4v) is 2.11. The van der Waals surface area contributed by atoms with Gasteiger partial charge in [-0.15, -0.1) is 5.53 Å². The molecule has 1 aliphatic heterocycles. The zero-order chi connectivity index (χ0) is 16.7. The minimum atomic E-state index is -0.217. The smallest absolute Gasteiger partial charge is 0.149 e. The number of hydrogen-bond acceptors (Lipinski definition) is 4. The Morgan fingerprint density at radius 1 is 1.23 bits per heavy atom.